The molecule has 1 rings (SSSR count). The van der Waals surface area contributed by atoms with Crippen LogP contribution in [0.25, 0.3) is 0 Å². The minimum atomic E-state index is 0. The number of rotatable bonds is 7. The molecule has 7 heteroatoms. The molecule has 4 nitrogen and oxygen atoms in total. The van der Waals surface area contributed by atoms with Crippen LogP contribution in [0.5, 0.6) is 0 Å². The van der Waals surface area contributed by atoms with E-state index >= 15 is 0 Å². The standard InChI is InChI=1S/C15H29NO.C3H7NO.2ClH.Ti/c1-4-9-15(10-5-2)11-7-8-13(12-15)16-14(17)6-3;1-2-3(4)5;;;/h13H,4-12H2,1-3H3,(H,16,17);2H2,1H3,(H2,4,5);2*1H;/q;;;;+3/p-3. The quantitative estimate of drug-likeness (QED) is 0.461. The van der Waals surface area contributed by atoms with Gasteiger partial charge in [0.1, 0.15) is 0 Å². The number of halogens is 2. The van der Waals surface area contributed by atoms with E-state index in [-0.39, 0.29) is 36.6 Å². The second-order valence-electron chi connectivity index (χ2n) is 6.62. The minimum Gasteiger partial charge on any atom is -1.00 e. The number of hydrogen-bond acceptors (Lipinski definition) is 2. The summed E-state index contributed by atoms with van der Waals surface area (Å²) >= 11 is 1.63. The van der Waals surface area contributed by atoms with Crippen molar-refractivity contribution in [2.75, 3.05) is 0 Å². The van der Waals surface area contributed by atoms with Gasteiger partial charge in [-0.05, 0) is 37.5 Å². The average molecular weight is 430 g/mol. The van der Waals surface area contributed by atoms with Crippen LogP contribution in [-0.4, -0.2) is 17.9 Å². The van der Waals surface area contributed by atoms with Gasteiger partial charge in [-0.3, -0.25) is 4.79 Å². The van der Waals surface area contributed by atoms with Crippen LogP contribution < -0.4 is 33.9 Å². The molecule has 1 aliphatic carbocycles. The Hall–Kier alpha value is 0.234. The molecule has 1 aliphatic rings. The SMILES string of the molecule is CCC(=O)[NH][Ti+2].CCCC1(CCC)CCCC(NC(=O)CC)C1.[Cl-].[Cl-]. The van der Waals surface area contributed by atoms with E-state index in [1.165, 1.54) is 51.4 Å². The molecule has 1 atom stereocenters. The van der Waals surface area contributed by atoms with E-state index in [0.717, 1.165) is 0 Å². The van der Waals surface area contributed by atoms with E-state index in [0.29, 0.717) is 24.3 Å². The predicted molar refractivity (Wildman–Crippen MR) is 91.4 cm³/mol. The van der Waals surface area contributed by atoms with Crippen LogP contribution >= 0.6 is 0 Å². The first-order valence-electron chi connectivity index (χ1n) is 9.21. The summed E-state index contributed by atoms with van der Waals surface area (Å²) in [7, 11) is 0. The summed E-state index contributed by atoms with van der Waals surface area (Å²) in [5.41, 5.74) is 0.521. The van der Waals surface area contributed by atoms with Gasteiger partial charge in [0.15, 0.2) is 0 Å². The summed E-state index contributed by atoms with van der Waals surface area (Å²) in [6.45, 7) is 8.32. The zero-order chi connectivity index (χ0) is 17.7. The number of hydrogen-bond donors (Lipinski definition) is 2. The monoisotopic (exact) mass is 429 g/mol. The summed E-state index contributed by atoms with van der Waals surface area (Å²) < 4.78 is 2.48. The fourth-order valence-corrected chi connectivity index (χ4v) is 3.91. The maximum absolute atomic E-state index is 11.5. The summed E-state index contributed by atoms with van der Waals surface area (Å²) in [5, 5.41) is 3.20. The van der Waals surface area contributed by atoms with E-state index in [9.17, 15) is 9.59 Å². The fourth-order valence-electron chi connectivity index (χ4n) is 3.63. The molecule has 0 aromatic rings. The number of carbonyl (C=O) groups is 2. The van der Waals surface area contributed by atoms with Crippen molar-refractivity contribution in [1.29, 1.82) is 0 Å². The van der Waals surface area contributed by atoms with Gasteiger partial charge in [-0.2, -0.15) is 0 Å². The Kier molecular flexibility index (Phi) is 21.2. The summed E-state index contributed by atoms with van der Waals surface area (Å²) in [4.78, 5) is 21.6. The second kappa shape index (κ2) is 17.6. The van der Waals surface area contributed by atoms with E-state index in [2.05, 4.69) is 23.0 Å². The second-order valence-corrected chi connectivity index (χ2v) is 7.01. The van der Waals surface area contributed by atoms with Gasteiger partial charge < -0.3 is 30.1 Å². The smallest absolute Gasteiger partial charge is 0.219 e. The Morgan fingerprint density at radius 2 is 1.52 bits per heavy atom. The third-order valence-corrected chi connectivity index (χ3v) is 5.08. The molecule has 147 valence electrons. The zero-order valence-corrected chi connectivity index (χ0v) is 19.3. The van der Waals surface area contributed by atoms with Crippen molar-refractivity contribution in [3.63, 3.8) is 0 Å². The van der Waals surface area contributed by atoms with Crippen molar-refractivity contribution in [3.8, 4) is 0 Å². The molecule has 2 amide bonds. The van der Waals surface area contributed by atoms with Gasteiger partial charge in [-0.15, -0.1) is 0 Å². The average Bonchev–Trinajstić information content (AvgIpc) is 2.55. The van der Waals surface area contributed by atoms with Crippen LogP contribution in [0.15, 0.2) is 0 Å². The van der Waals surface area contributed by atoms with Crippen LogP contribution in [0.1, 0.15) is 91.9 Å². The van der Waals surface area contributed by atoms with Crippen molar-refractivity contribution in [3.05, 3.63) is 0 Å². The number of amides is 2. The van der Waals surface area contributed by atoms with Gasteiger partial charge in [0.2, 0.25) is 5.91 Å². The van der Waals surface area contributed by atoms with Crippen molar-refractivity contribution >= 4 is 11.8 Å². The maximum atomic E-state index is 11.5. The summed E-state index contributed by atoms with van der Waals surface area (Å²) in [6.07, 6.45) is 11.5. The molecule has 1 saturated carbocycles. The predicted octanol–water partition coefficient (Wildman–Crippen LogP) is -1.98. The topological polar surface area (TPSA) is 58.2 Å². The molecule has 0 bridgehead atoms. The molecular formula is C18H35Cl2N2O2Ti. The molecule has 0 heterocycles. The molecular weight excluding hydrogens is 395 g/mol. The van der Waals surface area contributed by atoms with Crippen molar-refractivity contribution in [1.82, 2.24) is 9.12 Å². The minimum absolute atomic E-state index is 0. The Morgan fingerprint density at radius 1 is 1.00 bits per heavy atom. The van der Waals surface area contributed by atoms with Gasteiger partial charge in [0.25, 0.3) is 0 Å². The van der Waals surface area contributed by atoms with Crippen LogP contribution in [0.2, 0.25) is 0 Å². The number of carbonyl (C=O) groups excluding carboxylic acids is 2. The van der Waals surface area contributed by atoms with E-state index < -0.39 is 0 Å². The normalized spacial score (nSPS) is 17.8. The van der Waals surface area contributed by atoms with Crippen LogP contribution in [0, 0.1) is 5.41 Å². The largest absolute Gasteiger partial charge is 1.00 e. The molecule has 1 fully saturated rings. The first kappa shape index (κ1) is 30.0. The summed E-state index contributed by atoms with van der Waals surface area (Å²) in [6, 6.07) is 0.439. The fraction of sp³-hybridized carbons (Fsp3) is 0.889. The first-order chi connectivity index (χ1) is 11.0. The van der Waals surface area contributed by atoms with Gasteiger partial charge >= 0.3 is 48.5 Å². The molecule has 0 saturated heterocycles. The van der Waals surface area contributed by atoms with E-state index in [4.69, 9.17) is 0 Å². The third-order valence-electron chi connectivity index (χ3n) is 4.65. The van der Waals surface area contributed by atoms with Crippen molar-refractivity contribution in [2.45, 2.75) is 97.9 Å². The summed E-state index contributed by atoms with van der Waals surface area (Å²) in [5.74, 6) is 0.314. The molecule has 2 N–H and O–H groups in total. The van der Waals surface area contributed by atoms with Gasteiger partial charge in [-0.25, -0.2) is 0 Å². The zero-order valence-electron chi connectivity index (χ0n) is 16.2. The van der Waals surface area contributed by atoms with Gasteiger partial charge in [0, 0.05) is 12.5 Å². The molecule has 0 aliphatic heterocycles. The van der Waals surface area contributed by atoms with Crippen LogP contribution in [-0.2, 0) is 30.3 Å². The van der Waals surface area contributed by atoms with E-state index in [1.807, 2.05) is 13.8 Å². The third kappa shape index (κ3) is 13.1. The van der Waals surface area contributed by atoms with Gasteiger partial charge in [-0.1, -0.05) is 40.0 Å². The van der Waals surface area contributed by atoms with Crippen molar-refractivity contribution < 1.29 is 55.1 Å². The van der Waals surface area contributed by atoms with Crippen molar-refractivity contribution in [2.24, 2.45) is 5.41 Å². The van der Waals surface area contributed by atoms with Crippen LogP contribution in [0.4, 0.5) is 0 Å². The molecule has 1 unspecified atom stereocenters. The molecule has 25 heavy (non-hydrogen) atoms. The Labute approximate surface area is 179 Å². The molecule has 0 spiro atoms. The van der Waals surface area contributed by atoms with Crippen LogP contribution in [0.3, 0.4) is 0 Å². The Bertz CT molecular complexity index is 340. The Balaban J connectivity index is -0.000000525. The molecule has 0 aromatic heterocycles. The molecule has 0 radical (unpaired) electrons. The van der Waals surface area contributed by atoms with Gasteiger partial charge in [0.05, 0.1) is 0 Å². The maximum Gasteiger partial charge on any atom is 0.219 e. The first-order valence-corrected chi connectivity index (χ1v) is 9.99. The van der Waals surface area contributed by atoms with E-state index in [1.54, 1.807) is 20.7 Å². The number of nitrogens with one attached hydrogen (secondary N) is 2. The Morgan fingerprint density at radius 3 is 1.88 bits per heavy atom. The molecule has 0 aromatic carbocycles.